The maximum atomic E-state index is 11.8. The number of ether oxygens (including phenoxy) is 1. The molecule has 0 aliphatic rings. The van der Waals surface area contributed by atoms with E-state index < -0.39 is 5.60 Å². The Morgan fingerprint density at radius 1 is 1.19 bits per heavy atom. The summed E-state index contributed by atoms with van der Waals surface area (Å²) in [5, 5.41) is 9.66. The van der Waals surface area contributed by atoms with E-state index in [0.717, 1.165) is 5.56 Å². The Kier molecular flexibility index (Phi) is 5.97. The molecule has 118 valence electrons. The van der Waals surface area contributed by atoms with Gasteiger partial charge in [0.1, 0.15) is 5.60 Å². The van der Waals surface area contributed by atoms with Gasteiger partial charge in [0.15, 0.2) is 0 Å². The van der Waals surface area contributed by atoms with Crippen LogP contribution in [0.25, 0.3) is 0 Å². The molecule has 1 atom stereocenters. The summed E-state index contributed by atoms with van der Waals surface area (Å²) in [5.74, 6) is -0.223. The lowest BCUT2D eigenvalue weighted by Crippen LogP contribution is -2.24. The molecule has 0 unspecified atom stereocenters. The smallest absolute Gasteiger partial charge is 0.306 e. The maximum absolute atomic E-state index is 11.8. The second-order valence-corrected chi connectivity index (χ2v) is 6.73. The summed E-state index contributed by atoms with van der Waals surface area (Å²) < 4.78 is 5.32. The van der Waals surface area contributed by atoms with Gasteiger partial charge in [0.2, 0.25) is 0 Å². The fourth-order valence-electron chi connectivity index (χ4n) is 2.45. The van der Waals surface area contributed by atoms with E-state index in [0.29, 0.717) is 12.8 Å². The molecule has 0 radical (unpaired) electrons. The summed E-state index contributed by atoms with van der Waals surface area (Å²) in [6, 6.07) is 4.14. The quantitative estimate of drug-likeness (QED) is 0.839. The molecule has 0 saturated heterocycles. The lowest BCUT2D eigenvalue weighted by Gasteiger charge is -2.22. The van der Waals surface area contributed by atoms with Crippen LogP contribution in [-0.4, -0.2) is 23.3 Å². The molecule has 0 heterocycles. The summed E-state index contributed by atoms with van der Waals surface area (Å²) >= 11 is 0. The number of benzene rings is 1. The molecule has 3 heteroatoms. The molecule has 21 heavy (non-hydrogen) atoms. The van der Waals surface area contributed by atoms with Crippen molar-refractivity contribution < 1.29 is 14.6 Å². The van der Waals surface area contributed by atoms with Crippen molar-refractivity contribution in [2.24, 2.45) is 0 Å². The number of carbonyl (C=O) groups excluding carboxylic acids is 1. The SMILES string of the molecule is Cc1ccc([C@@H](CO)CCC(=O)OC(C)(C)C)c(C)c1C. The molecule has 1 aromatic rings. The van der Waals surface area contributed by atoms with Gasteiger partial charge >= 0.3 is 5.97 Å². The highest BCUT2D eigenvalue weighted by atomic mass is 16.6. The first-order valence-electron chi connectivity index (χ1n) is 7.55. The Morgan fingerprint density at radius 3 is 2.33 bits per heavy atom. The average molecular weight is 292 g/mol. The zero-order valence-electron chi connectivity index (χ0n) is 14.1. The Hall–Kier alpha value is -1.35. The Balaban J connectivity index is 2.77. The predicted molar refractivity (Wildman–Crippen MR) is 85.6 cm³/mol. The third-order valence-corrected chi connectivity index (χ3v) is 3.88. The molecule has 0 spiro atoms. The lowest BCUT2D eigenvalue weighted by atomic mass is 9.88. The maximum Gasteiger partial charge on any atom is 0.306 e. The summed E-state index contributed by atoms with van der Waals surface area (Å²) in [4.78, 5) is 11.8. The summed E-state index contributed by atoms with van der Waals surface area (Å²) in [6.07, 6.45) is 0.934. The summed E-state index contributed by atoms with van der Waals surface area (Å²) in [5.41, 5.74) is 4.38. The molecule has 0 aliphatic carbocycles. The number of rotatable bonds is 5. The highest BCUT2D eigenvalue weighted by molar-refractivity contribution is 5.70. The Morgan fingerprint density at radius 2 is 1.81 bits per heavy atom. The third kappa shape index (κ3) is 5.16. The van der Waals surface area contributed by atoms with E-state index in [2.05, 4.69) is 32.9 Å². The Labute approximate surface area is 128 Å². The van der Waals surface area contributed by atoms with Crippen molar-refractivity contribution in [3.8, 4) is 0 Å². The fraction of sp³-hybridized carbons (Fsp3) is 0.611. The van der Waals surface area contributed by atoms with Gasteiger partial charge in [-0.15, -0.1) is 0 Å². The predicted octanol–water partition coefficient (Wildman–Crippen LogP) is 3.81. The van der Waals surface area contributed by atoms with Crippen LogP contribution in [0, 0.1) is 20.8 Å². The molecule has 0 aromatic heterocycles. The fourth-order valence-corrected chi connectivity index (χ4v) is 2.45. The van der Waals surface area contributed by atoms with Gasteiger partial charge in [0, 0.05) is 18.9 Å². The topological polar surface area (TPSA) is 46.5 Å². The number of hydrogen-bond acceptors (Lipinski definition) is 3. The number of aliphatic hydroxyl groups excluding tert-OH is 1. The summed E-state index contributed by atoms with van der Waals surface area (Å²) in [6.45, 7) is 11.9. The van der Waals surface area contributed by atoms with Crippen LogP contribution in [0.5, 0.6) is 0 Å². The molecule has 3 nitrogen and oxygen atoms in total. The summed E-state index contributed by atoms with van der Waals surface area (Å²) in [7, 11) is 0. The van der Waals surface area contributed by atoms with Crippen LogP contribution in [0.1, 0.15) is 61.8 Å². The van der Waals surface area contributed by atoms with Crippen LogP contribution in [0.2, 0.25) is 0 Å². The van der Waals surface area contributed by atoms with Crippen molar-refractivity contribution in [3.05, 3.63) is 34.4 Å². The number of esters is 1. The van der Waals surface area contributed by atoms with Crippen LogP contribution in [0.3, 0.4) is 0 Å². The van der Waals surface area contributed by atoms with Gasteiger partial charge in [-0.3, -0.25) is 4.79 Å². The molecule has 0 aliphatic heterocycles. The largest absolute Gasteiger partial charge is 0.460 e. The highest BCUT2D eigenvalue weighted by Gasteiger charge is 2.20. The van der Waals surface area contributed by atoms with Crippen LogP contribution in [0.15, 0.2) is 12.1 Å². The van der Waals surface area contributed by atoms with Gasteiger partial charge < -0.3 is 9.84 Å². The van der Waals surface area contributed by atoms with Crippen LogP contribution in [0.4, 0.5) is 0 Å². The molecular formula is C18H28O3. The van der Waals surface area contributed by atoms with Crippen molar-refractivity contribution in [2.75, 3.05) is 6.61 Å². The van der Waals surface area contributed by atoms with Gasteiger partial charge in [0.05, 0.1) is 0 Å². The Bertz CT molecular complexity index is 498. The minimum absolute atomic E-state index is 0.0168. The average Bonchev–Trinajstić information content (AvgIpc) is 2.36. The first-order chi connectivity index (χ1) is 9.65. The molecule has 1 N–H and O–H groups in total. The monoisotopic (exact) mass is 292 g/mol. The van der Waals surface area contributed by atoms with Gasteiger partial charge in [-0.05, 0) is 70.2 Å². The van der Waals surface area contributed by atoms with Crippen LogP contribution in [-0.2, 0) is 9.53 Å². The normalized spacial score (nSPS) is 13.1. The minimum Gasteiger partial charge on any atom is -0.460 e. The van der Waals surface area contributed by atoms with Gasteiger partial charge in [0.25, 0.3) is 0 Å². The number of hydrogen-bond donors (Lipinski definition) is 1. The van der Waals surface area contributed by atoms with E-state index in [1.807, 2.05) is 20.8 Å². The number of aryl methyl sites for hydroxylation is 1. The molecule has 0 fully saturated rings. The van der Waals surface area contributed by atoms with Crippen molar-refractivity contribution in [1.82, 2.24) is 0 Å². The van der Waals surface area contributed by atoms with Crippen molar-refractivity contribution in [3.63, 3.8) is 0 Å². The van der Waals surface area contributed by atoms with E-state index in [4.69, 9.17) is 4.74 Å². The molecule has 1 aromatic carbocycles. The standard InChI is InChI=1S/C18H28O3/c1-12-7-9-16(14(3)13(12)2)15(11-19)8-10-17(20)21-18(4,5)6/h7,9,15,19H,8,10-11H2,1-6H3/t15-/m1/s1. The van der Waals surface area contributed by atoms with E-state index >= 15 is 0 Å². The zero-order chi connectivity index (χ0) is 16.2. The first-order valence-corrected chi connectivity index (χ1v) is 7.55. The molecule has 0 bridgehead atoms. The van der Waals surface area contributed by atoms with Crippen molar-refractivity contribution >= 4 is 5.97 Å². The van der Waals surface area contributed by atoms with E-state index in [1.165, 1.54) is 16.7 Å². The van der Waals surface area contributed by atoms with E-state index in [1.54, 1.807) is 0 Å². The minimum atomic E-state index is -0.456. The first kappa shape index (κ1) is 17.7. The second-order valence-electron chi connectivity index (χ2n) is 6.73. The molecule has 1 rings (SSSR count). The van der Waals surface area contributed by atoms with Crippen LogP contribution >= 0.6 is 0 Å². The lowest BCUT2D eigenvalue weighted by molar-refractivity contribution is -0.155. The molecule has 0 amide bonds. The van der Waals surface area contributed by atoms with Crippen LogP contribution < -0.4 is 0 Å². The second kappa shape index (κ2) is 7.08. The third-order valence-electron chi connectivity index (χ3n) is 3.88. The highest BCUT2D eigenvalue weighted by Crippen LogP contribution is 2.28. The van der Waals surface area contributed by atoms with E-state index in [9.17, 15) is 9.90 Å². The number of aliphatic hydroxyl groups is 1. The van der Waals surface area contributed by atoms with Gasteiger partial charge in [-0.25, -0.2) is 0 Å². The van der Waals surface area contributed by atoms with E-state index in [-0.39, 0.29) is 18.5 Å². The molecular weight excluding hydrogens is 264 g/mol. The number of carbonyl (C=O) groups is 1. The molecule has 0 saturated carbocycles. The van der Waals surface area contributed by atoms with Crippen molar-refractivity contribution in [1.29, 1.82) is 0 Å². The van der Waals surface area contributed by atoms with Crippen molar-refractivity contribution in [2.45, 2.75) is 65.9 Å². The van der Waals surface area contributed by atoms with Gasteiger partial charge in [-0.1, -0.05) is 12.1 Å². The zero-order valence-corrected chi connectivity index (χ0v) is 14.1. The van der Waals surface area contributed by atoms with Gasteiger partial charge in [-0.2, -0.15) is 0 Å².